The van der Waals surface area contributed by atoms with E-state index in [1.165, 1.54) is 5.56 Å². The molecule has 0 aliphatic carbocycles. The monoisotopic (exact) mass is 916 g/mol. The van der Waals surface area contributed by atoms with Crippen LogP contribution in [0.4, 0.5) is 0 Å². The summed E-state index contributed by atoms with van der Waals surface area (Å²) >= 11 is 0. The Morgan fingerprint density at radius 3 is 1.88 bits per heavy atom. The molecule has 0 aliphatic heterocycles. The fourth-order valence-corrected chi connectivity index (χ4v) is 8.20. The molecule has 3 aromatic heterocycles. The average molecular weight is 917 g/mol. The van der Waals surface area contributed by atoms with Gasteiger partial charge in [-0.25, -0.2) is 4.98 Å². The maximum absolute atomic E-state index is 11.1. The number of pyridine rings is 1. The smallest absolute Gasteiger partial charge is 0.148 e. The van der Waals surface area contributed by atoms with Gasteiger partial charge in [0.2, 0.25) is 0 Å². The van der Waals surface area contributed by atoms with Crippen molar-refractivity contribution >= 4 is 32.8 Å². The molecule has 0 aliphatic rings. The number of benzene rings is 7. The minimum absolute atomic E-state index is 0. The Morgan fingerprint density at radius 2 is 1.14 bits per heavy atom. The first-order valence-corrected chi connectivity index (χ1v) is 18.9. The zero-order valence-corrected chi connectivity index (χ0v) is 33.6. The molecule has 0 saturated carbocycles. The maximum Gasteiger partial charge on any atom is 0.148 e. The van der Waals surface area contributed by atoms with Gasteiger partial charge in [-0.3, -0.25) is 9.55 Å². The number of para-hydroxylation sites is 5. The molecule has 3 heterocycles. The van der Waals surface area contributed by atoms with Crippen molar-refractivity contribution in [1.82, 2.24) is 19.1 Å². The third-order valence-electron chi connectivity index (χ3n) is 11.1. The standard InChI is InChI=1S/C51H37N4O.Pt/c1-51(2,36-17-6-3-7-18-36)37-32-34(40-25-16-27-45-49(40)53-50(42-24-13-15-28-46(42)56)55(45)39-21-10-5-11-22-39)31-35(33-37)48-47-41-23-12-14-26-43(41)54(44(47)29-30-52-48)38-19-8-4-9-20-38;/h3-30,32-33,56H,1-2H3;/q-1;. The molecule has 7 aromatic carbocycles. The molecular weight excluding hydrogens is 880 g/mol. The largest absolute Gasteiger partial charge is 0.507 e. The van der Waals surface area contributed by atoms with Gasteiger partial charge in [0.25, 0.3) is 0 Å². The van der Waals surface area contributed by atoms with Crippen molar-refractivity contribution in [3.05, 3.63) is 199 Å². The van der Waals surface area contributed by atoms with Crippen LogP contribution in [0.25, 0.3) is 78.0 Å². The van der Waals surface area contributed by atoms with Crippen LogP contribution >= 0.6 is 0 Å². The van der Waals surface area contributed by atoms with Gasteiger partial charge in [0.15, 0.2) is 0 Å². The van der Waals surface area contributed by atoms with Crippen LogP contribution in [0.2, 0.25) is 0 Å². The molecule has 0 radical (unpaired) electrons. The summed E-state index contributed by atoms with van der Waals surface area (Å²) in [5.41, 5.74) is 12.3. The van der Waals surface area contributed by atoms with Crippen molar-refractivity contribution in [3.8, 4) is 50.9 Å². The predicted molar refractivity (Wildman–Crippen MR) is 229 cm³/mol. The van der Waals surface area contributed by atoms with Crippen molar-refractivity contribution < 1.29 is 26.2 Å². The summed E-state index contributed by atoms with van der Waals surface area (Å²) in [6.45, 7) is 4.56. The van der Waals surface area contributed by atoms with E-state index in [9.17, 15) is 5.11 Å². The second-order valence-electron chi connectivity index (χ2n) is 14.7. The number of rotatable bonds is 7. The van der Waals surface area contributed by atoms with E-state index in [4.69, 9.17) is 9.97 Å². The number of aromatic nitrogens is 4. The minimum Gasteiger partial charge on any atom is -0.507 e. The van der Waals surface area contributed by atoms with Gasteiger partial charge in [-0.05, 0) is 60.2 Å². The van der Waals surface area contributed by atoms with Crippen molar-refractivity contribution in [3.63, 3.8) is 0 Å². The van der Waals surface area contributed by atoms with Crippen LogP contribution in [-0.4, -0.2) is 24.2 Å². The Hall–Kier alpha value is -6.55. The Morgan fingerprint density at radius 1 is 0.544 bits per heavy atom. The molecule has 6 heteroatoms. The molecule has 10 aromatic rings. The van der Waals surface area contributed by atoms with Crippen molar-refractivity contribution in [2.45, 2.75) is 19.3 Å². The maximum atomic E-state index is 11.1. The molecule has 0 amide bonds. The summed E-state index contributed by atoms with van der Waals surface area (Å²) in [7, 11) is 0. The topological polar surface area (TPSA) is 55.9 Å². The molecule has 57 heavy (non-hydrogen) atoms. The molecule has 0 unspecified atom stereocenters. The van der Waals surface area contributed by atoms with Crippen LogP contribution in [0.1, 0.15) is 25.0 Å². The van der Waals surface area contributed by atoms with Gasteiger partial charge in [-0.2, -0.15) is 0 Å². The van der Waals surface area contributed by atoms with Gasteiger partial charge in [0.1, 0.15) is 11.6 Å². The number of hydrogen-bond acceptors (Lipinski definition) is 3. The summed E-state index contributed by atoms with van der Waals surface area (Å²) in [4.78, 5) is 10.5. The summed E-state index contributed by atoms with van der Waals surface area (Å²) in [5, 5.41) is 13.3. The molecule has 0 fully saturated rings. The number of imidazole rings is 1. The van der Waals surface area contributed by atoms with Crippen LogP contribution in [0.15, 0.2) is 182 Å². The fraction of sp³-hybridized carbons (Fsp3) is 0.0588. The number of aromatic hydroxyl groups is 1. The molecule has 0 saturated heterocycles. The first-order chi connectivity index (χ1) is 27.5. The summed E-state index contributed by atoms with van der Waals surface area (Å²) in [6, 6.07) is 64.2. The van der Waals surface area contributed by atoms with E-state index >= 15 is 0 Å². The van der Waals surface area contributed by atoms with E-state index in [1.54, 1.807) is 6.07 Å². The molecule has 10 rings (SSSR count). The molecular formula is C51H37N4OPt-. The van der Waals surface area contributed by atoms with Gasteiger partial charge < -0.3 is 9.67 Å². The van der Waals surface area contributed by atoms with Gasteiger partial charge in [-0.1, -0.05) is 134 Å². The number of nitrogens with zero attached hydrogens (tertiary/aromatic N) is 4. The summed E-state index contributed by atoms with van der Waals surface area (Å²) < 4.78 is 4.46. The predicted octanol–water partition coefficient (Wildman–Crippen LogP) is 12.3. The zero-order valence-electron chi connectivity index (χ0n) is 31.4. The first-order valence-electron chi connectivity index (χ1n) is 18.9. The van der Waals surface area contributed by atoms with Crippen LogP contribution in [0.3, 0.4) is 0 Å². The molecule has 278 valence electrons. The van der Waals surface area contributed by atoms with Gasteiger partial charge in [-0.15, -0.1) is 29.3 Å². The molecule has 1 N–H and O–H groups in total. The third-order valence-corrected chi connectivity index (χ3v) is 11.1. The Balaban J connectivity index is 0.00000422. The van der Waals surface area contributed by atoms with Crippen LogP contribution in [-0.2, 0) is 26.5 Å². The van der Waals surface area contributed by atoms with E-state index in [2.05, 4.69) is 163 Å². The third kappa shape index (κ3) is 6.07. The number of phenolic OH excluding ortho intramolecular Hbond substituents is 1. The fourth-order valence-electron chi connectivity index (χ4n) is 8.20. The molecule has 0 spiro atoms. The molecule has 5 nitrogen and oxygen atoms in total. The number of phenols is 1. The second kappa shape index (κ2) is 14.5. The van der Waals surface area contributed by atoms with E-state index < -0.39 is 0 Å². The van der Waals surface area contributed by atoms with Gasteiger partial charge in [0.05, 0.1) is 27.6 Å². The van der Waals surface area contributed by atoms with Crippen molar-refractivity contribution in [1.29, 1.82) is 0 Å². The summed E-state index contributed by atoms with van der Waals surface area (Å²) in [6.07, 6.45) is 1.92. The Bertz CT molecular complexity index is 3060. The van der Waals surface area contributed by atoms with Gasteiger partial charge >= 0.3 is 0 Å². The summed E-state index contributed by atoms with van der Waals surface area (Å²) in [5.74, 6) is 0.841. The quantitative estimate of drug-likeness (QED) is 0.162. The Labute approximate surface area is 345 Å². The first kappa shape index (κ1) is 36.1. The van der Waals surface area contributed by atoms with E-state index in [-0.39, 0.29) is 32.2 Å². The second-order valence-corrected chi connectivity index (χ2v) is 14.7. The SMILES string of the molecule is CC(C)(c1ccccc1)c1cc(-c2cccc3c2nc(-c2ccccc2O)n3-c2ccccc2)[c-]c(-c2nccc3c2c2ccccc2n3-c2ccccc2)c1.[Pt]. The van der Waals surface area contributed by atoms with Crippen LogP contribution in [0.5, 0.6) is 5.75 Å². The molecule has 0 atom stereocenters. The zero-order chi connectivity index (χ0) is 37.8. The van der Waals surface area contributed by atoms with E-state index in [0.717, 1.165) is 72.2 Å². The van der Waals surface area contributed by atoms with Crippen molar-refractivity contribution in [2.75, 3.05) is 0 Å². The average Bonchev–Trinajstić information content (AvgIpc) is 3.81. The minimum atomic E-state index is -0.357. The normalized spacial score (nSPS) is 11.6. The number of hydrogen-bond donors (Lipinski definition) is 1. The Kier molecular flexibility index (Phi) is 9.19. The molecule has 0 bridgehead atoms. The van der Waals surface area contributed by atoms with Gasteiger partial charge in [0, 0.05) is 60.5 Å². The van der Waals surface area contributed by atoms with Crippen molar-refractivity contribution in [2.24, 2.45) is 0 Å². The number of fused-ring (bicyclic) bond motifs is 4. The van der Waals surface area contributed by atoms with E-state index in [0.29, 0.717) is 11.4 Å². The van der Waals surface area contributed by atoms with Crippen LogP contribution < -0.4 is 0 Å². The van der Waals surface area contributed by atoms with E-state index in [1.807, 2.05) is 42.6 Å². The van der Waals surface area contributed by atoms with Crippen LogP contribution in [0, 0.1) is 6.07 Å².